The number of nitrogens with one attached hydrogen (secondary N) is 1. The van der Waals surface area contributed by atoms with Crippen molar-refractivity contribution in [2.45, 2.75) is 25.4 Å². The molecule has 1 rings (SSSR count). The Morgan fingerprint density at radius 3 is 2.76 bits per heavy atom. The highest BCUT2D eigenvalue weighted by Gasteiger charge is 2.07. The largest absolute Gasteiger partial charge is 0.463 e. The molecule has 2 N–H and O–H groups in total. The van der Waals surface area contributed by atoms with E-state index in [1.54, 1.807) is 0 Å². The maximum Gasteiger partial charge on any atom is 0.322 e. The zero-order valence-electron chi connectivity index (χ0n) is 10.1. The lowest BCUT2D eigenvalue weighted by atomic mass is 10.5. The SMILES string of the molecule is CCCOc1nc(NCC)nc(SCCO)n1. The number of rotatable bonds is 8. The van der Waals surface area contributed by atoms with E-state index >= 15 is 0 Å². The van der Waals surface area contributed by atoms with Gasteiger partial charge in [-0.15, -0.1) is 0 Å². The Bertz CT molecular complexity index is 312. The summed E-state index contributed by atoms with van der Waals surface area (Å²) in [4.78, 5) is 12.5. The predicted molar refractivity (Wildman–Crippen MR) is 67.6 cm³/mol. The summed E-state index contributed by atoms with van der Waals surface area (Å²) in [6, 6.07) is 0.332. The average molecular weight is 258 g/mol. The first-order chi connectivity index (χ1) is 8.30. The number of aliphatic hydroxyl groups is 1. The molecule has 1 aromatic rings. The first-order valence-corrected chi connectivity index (χ1v) is 6.65. The van der Waals surface area contributed by atoms with Gasteiger partial charge in [-0.25, -0.2) is 0 Å². The van der Waals surface area contributed by atoms with Crippen LogP contribution in [0.15, 0.2) is 5.16 Å². The van der Waals surface area contributed by atoms with Gasteiger partial charge in [-0.1, -0.05) is 18.7 Å². The number of ether oxygens (including phenoxy) is 1. The lowest BCUT2D eigenvalue weighted by molar-refractivity contribution is 0.288. The monoisotopic (exact) mass is 258 g/mol. The van der Waals surface area contributed by atoms with Gasteiger partial charge in [0.15, 0.2) is 5.16 Å². The summed E-state index contributed by atoms with van der Waals surface area (Å²) in [5, 5.41) is 12.4. The predicted octanol–water partition coefficient (Wildman–Crippen LogP) is 1.18. The third-order valence-corrected chi connectivity index (χ3v) is 2.51. The molecule has 0 saturated heterocycles. The Balaban J connectivity index is 2.76. The van der Waals surface area contributed by atoms with Crippen molar-refractivity contribution < 1.29 is 9.84 Å². The van der Waals surface area contributed by atoms with Gasteiger partial charge < -0.3 is 15.2 Å². The Hall–Kier alpha value is -1.08. The highest BCUT2D eigenvalue weighted by atomic mass is 32.2. The standard InChI is InChI=1S/C10H18N4O2S/c1-3-6-16-9-12-8(11-4-2)13-10(14-9)17-7-5-15/h15H,3-7H2,1-2H3,(H,11,12,13,14). The van der Waals surface area contributed by atoms with Crippen LogP contribution >= 0.6 is 11.8 Å². The Morgan fingerprint density at radius 1 is 1.29 bits per heavy atom. The van der Waals surface area contributed by atoms with Crippen LogP contribution in [0.2, 0.25) is 0 Å². The molecule has 0 aliphatic carbocycles. The molecule has 0 aromatic carbocycles. The van der Waals surface area contributed by atoms with E-state index in [1.807, 2.05) is 13.8 Å². The molecule has 0 aliphatic rings. The normalized spacial score (nSPS) is 10.3. The van der Waals surface area contributed by atoms with Gasteiger partial charge in [0.2, 0.25) is 5.95 Å². The molecular formula is C10H18N4O2S. The van der Waals surface area contributed by atoms with Crippen LogP contribution in [0.1, 0.15) is 20.3 Å². The molecule has 0 aliphatic heterocycles. The molecule has 0 bridgehead atoms. The van der Waals surface area contributed by atoms with Gasteiger partial charge in [0.25, 0.3) is 0 Å². The third kappa shape index (κ3) is 5.18. The van der Waals surface area contributed by atoms with Crippen molar-refractivity contribution in [1.82, 2.24) is 15.0 Å². The number of thioether (sulfide) groups is 1. The summed E-state index contributed by atoms with van der Waals surface area (Å²) < 4.78 is 5.38. The summed E-state index contributed by atoms with van der Waals surface area (Å²) in [6.45, 7) is 5.41. The van der Waals surface area contributed by atoms with Gasteiger partial charge in [0, 0.05) is 12.3 Å². The first-order valence-electron chi connectivity index (χ1n) is 5.66. The van der Waals surface area contributed by atoms with Crippen LogP contribution in [0.25, 0.3) is 0 Å². The van der Waals surface area contributed by atoms with Gasteiger partial charge in [0.1, 0.15) is 0 Å². The molecule has 1 heterocycles. The first kappa shape index (κ1) is 14.0. The van der Waals surface area contributed by atoms with Gasteiger partial charge in [0.05, 0.1) is 13.2 Å². The van der Waals surface area contributed by atoms with Gasteiger partial charge in [-0.2, -0.15) is 15.0 Å². The highest BCUT2D eigenvalue weighted by Crippen LogP contribution is 2.17. The highest BCUT2D eigenvalue weighted by molar-refractivity contribution is 7.99. The van der Waals surface area contributed by atoms with Crippen LogP contribution in [0.4, 0.5) is 5.95 Å². The Morgan fingerprint density at radius 2 is 2.12 bits per heavy atom. The molecule has 0 unspecified atom stereocenters. The van der Waals surface area contributed by atoms with E-state index in [1.165, 1.54) is 11.8 Å². The Kier molecular flexibility index (Phi) is 6.64. The van der Waals surface area contributed by atoms with E-state index in [9.17, 15) is 0 Å². The quantitative estimate of drug-likeness (QED) is 0.678. The van der Waals surface area contributed by atoms with Crippen LogP contribution in [0, 0.1) is 0 Å². The minimum atomic E-state index is 0.0953. The molecule has 1 aromatic heterocycles. The summed E-state index contributed by atoms with van der Waals surface area (Å²) in [6.07, 6.45) is 0.904. The third-order valence-electron chi connectivity index (χ3n) is 1.69. The second-order valence-corrected chi connectivity index (χ2v) is 4.24. The van der Waals surface area contributed by atoms with Crippen molar-refractivity contribution in [2.24, 2.45) is 0 Å². The fourth-order valence-corrected chi connectivity index (χ4v) is 1.60. The molecule has 0 spiro atoms. The zero-order valence-corrected chi connectivity index (χ0v) is 11.0. The second kappa shape index (κ2) is 8.08. The summed E-state index contributed by atoms with van der Waals surface area (Å²) in [5.74, 6) is 1.07. The lowest BCUT2D eigenvalue weighted by Crippen LogP contribution is -2.08. The fourth-order valence-electron chi connectivity index (χ4n) is 1.03. The number of nitrogens with zero attached hydrogens (tertiary/aromatic N) is 3. The molecule has 17 heavy (non-hydrogen) atoms. The molecule has 7 heteroatoms. The number of hydrogen-bond acceptors (Lipinski definition) is 7. The van der Waals surface area contributed by atoms with E-state index in [4.69, 9.17) is 9.84 Å². The number of aromatic nitrogens is 3. The fraction of sp³-hybridized carbons (Fsp3) is 0.700. The van der Waals surface area contributed by atoms with E-state index < -0.39 is 0 Å². The van der Waals surface area contributed by atoms with Crippen LogP contribution in [-0.4, -0.2) is 45.6 Å². The van der Waals surface area contributed by atoms with Gasteiger partial charge in [-0.3, -0.25) is 0 Å². The van der Waals surface area contributed by atoms with E-state index in [-0.39, 0.29) is 6.61 Å². The molecule has 0 saturated carbocycles. The summed E-state index contributed by atoms with van der Waals surface area (Å²) >= 11 is 1.38. The zero-order chi connectivity index (χ0) is 12.5. The van der Waals surface area contributed by atoms with Crippen molar-refractivity contribution in [3.63, 3.8) is 0 Å². The molecule has 0 amide bonds. The topological polar surface area (TPSA) is 80.2 Å². The van der Waals surface area contributed by atoms with Crippen LogP contribution in [-0.2, 0) is 0 Å². The second-order valence-electron chi connectivity index (χ2n) is 3.18. The molecule has 6 nitrogen and oxygen atoms in total. The molecular weight excluding hydrogens is 240 g/mol. The average Bonchev–Trinajstić information content (AvgIpc) is 2.34. The maximum absolute atomic E-state index is 8.77. The molecule has 96 valence electrons. The van der Waals surface area contributed by atoms with Crippen LogP contribution < -0.4 is 10.1 Å². The van der Waals surface area contributed by atoms with E-state index in [0.29, 0.717) is 29.5 Å². The van der Waals surface area contributed by atoms with Crippen molar-refractivity contribution in [3.05, 3.63) is 0 Å². The minimum Gasteiger partial charge on any atom is -0.463 e. The lowest BCUT2D eigenvalue weighted by Gasteiger charge is -2.07. The molecule has 0 radical (unpaired) electrons. The van der Waals surface area contributed by atoms with Crippen molar-refractivity contribution in [1.29, 1.82) is 0 Å². The van der Waals surface area contributed by atoms with Crippen molar-refractivity contribution in [3.8, 4) is 6.01 Å². The molecule has 0 fully saturated rings. The van der Waals surface area contributed by atoms with E-state index in [2.05, 4.69) is 20.3 Å². The Labute approximate surface area is 105 Å². The van der Waals surface area contributed by atoms with Crippen LogP contribution in [0.5, 0.6) is 6.01 Å². The summed E-state index contributed by atoms with van der Waals surface area (Å²) in [5.41, 5.74) is 0. The van der Waals surface area contributed by atoms with Crippen molar-refractivity contribution >= 4 is 17.7 Å². The summed E-state index contributed by atoms with van der Waals surface area (Å²) in [7, 11) is 0. The van der Waals surface area contributed by atoms with Gasteiger partial charge in [-0.05, 0) is 13.3 Å². The number of aliphatic hydroxyl groups excluding tert-OH is 1. The smallest absolute Gasteiger partial charge is 0.322 e. The van der Waals surface area contributed by atoms with Crippen LogP contribution in [0.3, 0.4) is 0 Å². The number of hydrogen-bond donors (Lipinski definition) is 2. The van der Waals surface area contributed by atoms with E-state index in [0.717, 1.165) is 13.0 Å². The minimum absolute atomic E-state index is 0.0953. The maximum atomic E-state index is 8.77. The van der Waals surface area contributed by atoms with Gasteiger partial charge >= 0.3 is 6.01 Å². The molecule has 0 atom stereocenters. The number of anilines is 1. The van der Waals surface area contributed by atoms with Crippen molar-refractivity contribution in [2.75, 3.05) is 30.8 Å².